The Bertz CT molecular complexity index is 1330. The summed E-state index contributed by atoms with van der Waals surface area (Å²) in [4.78, 5) is 27.6. The molecular formula is C30H33F6N3O3S. The molecule has 0 radical (unpaired) electrons. The quantitative estimate of drug-likeness (QED) is 0.270. The maximum atomic E-state index is 14.3. The van der Waals surface area contributed by atoms with Gasteiger partial charge in [-0.2, -0.15) is 26.3 Å². The molecule has 0 bridgehead atoms. The van der Waals surface area contributed by atoms with Gasteiger partial charge >= 0.3 is 12.4 Å². The first-order chi connectivity index (χ1) is 20.2. The molecule has 4 rings (SSSR count). The molecule has 0 atom stereocenters. The number of carbonyl (C=O) groups excluding carboxylic acids is 2. The maximum absolute atomic E-state index is 14.3. The summed E-state index contributed by atoms with van der Waals surface area (Å²) in [6.07, 6.45) is -7.63. The zero-order valence-corrected chi connectivity index (χ0v) is 24.5. The second kappa shape index (κ2) is 13.6. The molecule has 43 heavy (non-hydrogen) atoms. The Morgan fingerprint density at radius 2 is 1.58 bits per heavy atom. The zero-order valence-electron chi connectivity index (χ0n) is 23.7. The smallest absolute Gasteiger partial charge is 0.382 e. The number of amides is 2. The van der Waals surface area contributed by atoms with Crippen molar-refractivity contribution in [3.8, 4) is 0 Å². The normalized spacial score (nSPS) is 17.1. The number of likely N-dealkylation sites (tertiary alicyclic amines) is 1. The van der Waals surface area contributed by atoms with Gasteiger partial charge in [0, 0.05) is 59.7 Å². The topological polar surface area (TPSA) is 61.9 Å². The van der Waals surface area contributed by atoms with Crippen molar-refractivity contribution in [3.63, 3.8) is 0 Å². The van der Waals surface area contributed by atoms with Crippen molar-refractivity contribution in [3.05, 3.63) is 59.2 Å². The van der Waals surface area contributed by atoms with E-state index >= 15 is 0 Å². The standard InChI is InChI=1S/C30H33F6N3O3S/c1-19(2)28(41)39-12-10-21(11-13-39)37-22-4-3-5-23(18-22)43-24-8-6-20(7-9-25(40)38-14-16-42-17-15-38)26(29(31,32)33)27(24)30(34,35)36/h3-9,18-19,21,37H,10-17H2,1-2H3. The van der Waals surface area contributed by atoms with Gasteiger partial charge in [0.15, 0.2) is 0 Å². The lowest BCUT2D eigenvalue weighted by molar-refractivity contribution is -0.163. The van der Waals surface area contributed by atoms with Crippen molar-refractivity contribution in [2.45, 2.75) is 54.9 Å². The molecule has 2 heterocycles. The van der Waals surface area contributed by atoms with E-state index in [2.05, 4.69) is 5.32 Å². The molecule has 2 amide bonds. The highest BCUT2D eigenvalue weighted by molar-refractivity contribution is 7.99. The van der Waals surface area contributed by atoms with Crippen molar-refractivity contribution in [2.24, 2.45) is 5.92 Å². The predicted octanol–water partition coefficient (Wildman–Crippen LogP) is 6.81. The number of nitrogens with one attached hydrogen (secondary N) is 1. The van der Waals surface area contributed by atoms with Crippen LogP contribution >= 0.6 is 11.8 Å². The van der Waals surface area contributed by atoms with Crippen LogP contribution in [0, 0.1) is 5.92 Å². The molecule has 0 spiro atoms. The summed E-state index contributed by atoms with van der Waals surface area (Å²) in [5.74, 6) is -0.619. The van der Waals surface area contributed by atoms with Crippen molar-refractivity contribution in [1.82, 2.24) is 9.80 Å². The highest BCUT2D eigenvalue weighted by atomic mass is 32.2. The molecule has 2 aliphatic heterocycles. The van der Waals surface area contributed by atoms with E-state index in [1.165, 1.54) is 11.0 Å². The maximum Gasteiger partial charge on any atom is 0.418 e. The fourth-order valence-electron chi connectivity index (χ4n) is 5.08. The van der Waals surface area contributed by atoms with E-state index in [0.717, 1.165) is 24.3 Å². The Kier molecular flexibility index (Phi) is 10.4. The number of hydrogen-bond acceptors (Lipinski definition) is 5. The largest absolute Gasteiger partial charge is 0.418 e. The highest BCUT2D eigenvalue weighted by Gasteiger charge is 2.46. The summed E-state index contributed by atoms with van der Waals surface area (Å²) in [7, 11) is 0. The third kappa shape index (κ3) is 8.47. The van der Waals surface area contributed by atoms with Gasteiger partial charge in [0.25, 0.3) is 0 Å². The lowest BCUT2D eigenvalue weighted by atomic mass is 9.99. The number of rotatable bonds is 7. The van der Waals surface area contributed by atoms with Crippen LogP contribution in [0.1, 0.15) is 43.4 Å². The minimum atomic E-state index is -5.33. The molecule has 2 aliphatic rings. The van der Waals surface area contributed by atoms with Gasteiger partial charge < -0.3 is 19.9 Å². The van der Waals surface area contributed by atoms with Gasteiger partial charge in [-0.1, -0.05) is 37.7 Å². The molecule has 0 aliphatic carbocycles. The van der Waals surface area contributed by atoms with Gasteiger partial charge in [0.1, 0.15) is 0 Å². The van der Waals surface area contributed by atoms with E-state index in [4.69, 9.17) is 4.74 Å². The van der Waals surface area contributed by atoms with Gasteiger partial charge in [-0.3, -0.25) is 9.59 Å². The number of alkyl halides is 6. The van der Waals surface area contributed by atoms with Crippen molar-refractivity contribution < 1.29 is 40.7 Å². The number of anilines is 1. The van der Waals surface area contributed by atoms with Crippen LogP contribution in [-0.2, 0) is 26.7 Å². The van der Waals surface area contributed by atoms with Crippen LogP contribution in [0.3, 0.4) is 0 Å². The van der Waals surface area contributed by atoms with Crippen molar-refractivity contribution in [1.29, 1.82) is 0 Å². The van der Waals surface area contributed by atoms with Crippen LogP contribution < -0.4 is 5.32 Å². The SMILES string of the molecule is CC(C)C(=O)N1CCC(Nc2cccc(Sc3ccc(C=CC(=O)N4CCOCC4)c(C(F)(F)F)c3C(F)(F)F)c2)CC1. The van der Waals surface area contributed by atoms with Crippen LogP contribution in [0.25, 0.3) is 6.08 Å². The molecule has 6 nitrogen and oxygen atoms in total. The molecule has 2 saturated heterocycles. The molecule has 2 aromatic carbocycles. The first kappa shape index (κ1) is 32.7. The van der Waals surface area contributed by atoms with Gasteiger partial charge in [0.05, 0.1) is 24.3 Å². The van der Waals surface area contributed by atoms with Crippen LogP contribution in [0.15, 0.2) is 52.3 Å². The van der Waals surface area contributed by atoms with E-state index in [0.29, 0.717) is 48.3 Å². The van der Waals surface area contributed by atoms with Crippen LogP contribution in [-0.4, -0.2) is 67.0 Å². The summed E-state index contributed by atoms with van der Waals surface area (Å²) in [6.45, 7) is 5.87. The van der Waals surface area contributed by atoms with Gasteiger partial charge in [-0.05, 0) is 48.7 Å². The number of ether oxygens (including phenoxy) is 1. The summed E-state index contributed by atoms with van der Waals surface area (Å²) >= 11 is 0.585. The van der Waals surface area contributed by atoms with Gasteiger partial charge in [-0.25, -0.2) is 0 Å². The van der Waals surface area contributed by atoms with Crippen LogP contribution in [0.4, 0.5) is 32.0 Å². The molecule has 0 unspecified atom stereocenters. The van der Waals surface area contributed by atoms with E-state index in [-0.39, 0.29) is 44.2 Å². The molecule has 234 valence electrons. The first-order valence-electron chi connectivity index (χ1n) is 13.9. The number of halogens is 6. The Morgan fingerprint density at radius 3 is 2.19 bits per heavy atom. The second-order valence-corrected chi connectivity index (χ2v) is 11.8. The number of hydrogen-bond donors (Lipinski definition) is 1. The third-order valence-corrected chi connectivity index (χ3v) is 8.28. The van der Waals surface area contributed by atoms with Gasteiger partial charge in [-0.15, -0.1) is 0 Å². The predicted molar refractivity (Wildman–Crippen MR) is 152 cm³/mol. The van der Waals surface area contributed by atoms with E-state index in [9.17, 15) is 35.9 Å². The lowest BCUT2D eigenvalue weighted by Crippen LogP contribution is -2.43. The summed E-state index contributed by atoms with van der Waals surface area (Å²) < 4.78 is 90.5. The molecular weight excluding hydrogens is 596 g/mol. The Hall–Kier alpha value is -3.19. The summed E-state index contributed by atoms with van der Waals surface area (Å²) in [6, 6.07) is 8.47. The van der Waals surface area contributed by atoms with Crippen LogP contribution in [0.2, 0.25) is 0 Å². The average molecular weight is 630 g/mol. The average Bonchev–Trinajstić information content (AvgIpc) is 2.95. The highest BCUT2D eigenvalue weighted by Crippen LogP contribution is 2.48. The number of benzene rings is 2. The molecule has 1 N–H and O–H groups in total. The Labute approximate surface area is 250 Å². The zero-order chi connectivity index (χ0) is 31.4. The number of piperidine rings is 1. The molecule has 2 aromatic rings. The number of nitrogens with zero attached hydrogens (tertiary/aromatic N) is 2. The number of carbonyl (C=O) groups is 2. The van der Waals surface area contributed by atoms with E-state index in [1.807, 2.05) is 18.7 Å². The molecule has 13 heteroatoms. The molecule has 0 aromatic heterocycles. The van der Waals surface area contributed by atoms with Crippen molar-refractivity contribution in [2.75, 3.05) is 44.7 Å². The minimum absolute atomic E-state index is 0.0327. The first-order valence-corrected chi connectivity index (χ1v) is 14.7. The fourth-order valence-corrected chi connectivity index (χ4v) is 6.12. The minimum Gasteiger partial charge on any atom is -0.382 e. The van der Waals surface area contributed by atoms with E-state index in [1.54, 1.807) is 18.2 Å². The monoisotopic (exact) mass is 629 g/mol. The molecule has 2 fully saturated rings. The van der Waals surface area contributed by atoms with Gasteiger partial charge in [0.2, 0.25) is 11.8 Å². The van der Waals surface area contributed by atoms with Crippen molar-refractivity contribution >= 4 is 35.3 Å². The Balaban J connectivity index is 1.57. The van der Waals surface area contributed by atoms with Crippen LogP contribution in [0.5, 0.6) is 0 Å². The fraction of sp³-hybridized carbons (Fsp3) is 0.467. The summed E-state index contributed by atoms with van der Waals surface area (Å²) in [5.41, 5.74) is -3.77. The summed E-state index contributed by atoms with van der Waals surface area (Å²) in [5, 5.41) is 3.33. The lowest BCUT2D eigenvalue weighted by Gasteiger charge is -2.34. The molecule has 0 saturated carbocycles. The number of morpholine rings is 1. The second-order valence-electron chi connectivity index (χ2n) is 10.7. The Morgan fingerprint density at radius 1 is 0.930 bits per heavy atom. The third-order valence-electron chi connectivity index (χ3n) is 7.23. The van der Waals surface area contributed by atoms with E-state index < -0.39 is 39.8 Å².